The SMILES string of the molecule is COc1ccc(-c2cn(S(=O)(=O)c3ccc(C)cc3)c3ncc(-c4cn(C5CCNCC5)nc4Cl)cc23)cn1. The minimum absolute atomic E-state index is 0.182. The van der Waals surface area contributed by atoms with Crippen molar-refractivity contribution >= 4 is 32.7 Å². The van der Waals surface area contributed by atoms with Gasteiger partial charge < -0.3 is 10.1 Å². The molecule has 0 aliphatic carbocycles. The van der Waals surface area contributed by atoms with E-state index in [1.54, 1.807) is 56.0 Å². The van der Waals surface area contributed by atoms with Crippen LogP contribution in [0.5, 0.6) is 5.88 Å². The van der Waals surface area contributed by atoms with Crippen LogP contribution in [0.2, 0.25) is 5.15 Å². The zero-order valence-corrected chi connectivity index (χ0v) is 23.1. The highest BCUT2D eigenvalue weighted by atomic mass is 35.5. The Morgan fingerprint density at radius 2 is 1.72 bits per heavy atom. The van der Waals surface area contributed by atoms with Crippen molar-refractivity contribution in [3.63, 3.8) is 0 Å². The van der Waals surface area contributed by atoms with Crippen molar-refractivity contribution in [2.24, 2.45) is 0 Å². The molecule has 1 aromatic carbocycles. The Bertz CT molecular complexity index is 1760. The number of ether oxygens (including phenoxy) is 1. The molecule has 1 fully saturated rings. The molecule has 0 atom stereocenters. The summed E-state index contributed by atoms with van der Waals surface area (Å²) < 4.78 is 35.9. The molecular formula is C28H27ClN6O3S. The van der Waals surface area contributed by atoms with E-state index < -0.39 is 10.0 Å². The average molecular weight is 563 g/mol. The average Bonchev–Trinajstić information content (AvgIpc) is 3.55. The van der Waals surface area contributed by atoms with Crippen LogP contribution in [-0.4, -0.2) is 52.3 Å². The number of methoxy groups -OCH3 is 1. The number of aromatic nitrogens is 5. The lowest BCUT2D eigenvalue weighted by Crippen LogP contribution is -2.29. The summed E-state index contributed by atoms with van der Waals surface area (Å²) in [5.74, 6) is 0.464. The van der Waals surface area contributed by atoms with Crippen molar-refractivity contribution in [1.29, 1.82) is 0 Å². The van der Waals surface area contributed by atoms with Crippen LogP contribution in [0.3, 0.4) is 0 Å². The molecule has 4 aromatic heterocycles. The molecule has 0 unspecified atom stereocenters. The molecule has 1 aliphatic heterocycles. The molecule has 0 spiro atoms. The van der Waals surface area contributed by atoms with Gasteiger partial charge in [-0.1, -0.05) is 29.3 Å². The van der Waals surface area contributed by atoms with Gasteiger partial charge in [0.1, 0.15) is 0 Å². The van der Waals surface area contributed by atoms with Crippen LogP contribution in [0, 0.1) is 6.92 Å². The van der Waals surface area contributed by atoms with Crippen LogP contribution in [0.1, 0.15) is 24.4 Å². The summed E-state index contributed by atoms with van der Waals surface area (Å²) in [6.07, 6.45) is 8.81. The van der Waals surface area contributed by atoms with Gasteiger partial charge in [-0.2, -0.15) is 5.10 Å². The maximum absolute atomic E-state index is 13.7. The third-order valence-electron chi connectivity index (χ3n) is 7.13. The van der Waals surface area contributed by atoms with Gasteiger partial charge in [0.05, 0.1) is 18.0 Å². The van der Waals surface area contributed by atoms with Crippen molar-refractivity contribution in [1.82, 2.24) is 29.0 Å². The van der Waals surface area contributed by atoms with E-state index in [2.05, 4.69) is 20.4 Å². The number of nitrogens with one attached hydrogen (secondary N) is 1. The van der Waals surface area contributed by atoms with Crippen molar-refractivity contribution in [2.45, 2.75) is 30.7 Å². The number of halogens is 1. The lowest BCUT2D eigenvalue weighted by molar-refractivity contribution is 0.343. The number of rotatable bonds is 6. The topological polar surface area (TPSA) is 104 Å². The summed E-state index contributed by atoms with van der Waals surface area (Å²) in [6.45, 7) is 3.79. The first kappa shape index (κ1) is 25.5. The number of piperidine rings is 1. The fourth-order valence-electron chi connectivity index (χ4n) is 4.95. The van der Waals surface area contributed by atoms with Crippen LogP contribution in [-0.2, 0) is 10.0 Å². The first-order valence-corrected chi connectivity index (χ1v) is 14.5. The van der Waals surface area contributed by atoms with Crippen LogP contribution >= 0.6 is 11.6 Å². The second kappa shape index (κ2) is 10.1. The number of hydrogen-bond acceptors (Lipinski definition) is 7. The quantitative estimate of drug-likeness (QED) is 0.307. The summed E-state index contributed by atoms with van der Waals surface area (Å²) in [7, 11) is -2.37. The number of nitrogens with zero attached hydrogens (tertiary/aromatic N) is 5. The highest BCUT2D eigenvalue weighted by molar-refractivity contribution is 7.90. The van der Waals surface area contributed by atoms with Gasteiger partial charge in [0, 0.05) is 58.5 Å². The monoisotopic (exact) mass is 562 g/mol. The third kappa shape index (κ3) is 4.69. The minimum atomic E-state index is -3.92. The van der Waals surface area contributed by atoms with E-state index in [-0.39, 0.29) is 10.9 Å². The molecule has 5 heterocycles. The molecule has 0 radical (unpaired) electrons. The second-order valence-corrected chi connectivity index (χ2v) is 11.8. The van der Waals surface area contributed by atoms with E-state index >= 15 is 0 Å². The Kier molecular flexibility index (Phi) is 6.62. The lowest BCUT2D eigenvalue weighted by atomic mass is 10.0. The molecule has 0 saturated carbocycles. The van der Waals surface area contributed by atoms with Gasteiger partial charge in [-0.15, -0.1) is 0 Å². The van der Waals surface area contributed by atoms with Crippen LogP contribution in [0.4, 0.5) is 0 Å². The van der Waals surface area contributed by atoms with Crippen molar-refractivity contribution in [2.75, 3.05) is 20.2 Å². The molecule has 11 heteroatoms. The van der Waals surface area contributed by atoms with Crippen molar-refractivity contribution < 1.29 is 13.2 Å². The molecule has 9 nitrogen and oxygen atoms in total. The summed E-state index contributed by atoms with van der Waals surface area (Å²) in [5.41, 5.74) is 4.19. The molecule has 5 aromatic rings. The first-order valence-electron chi connectivity index (χ1n) is 12.6. The fourth-order valence-corrected chi connectivity index (χ4v) is 6.52. The molecule has 1 aliphatic rings. The number of hydrogen-bond donors (Lipinski definition) is 1. The molecular weight excluding hydrogens is 536 g/mol. The van der Waals surface area contributed by atoms with E-state index in [4.69, 9.17) is 16.3 Å². The number of benzene rings is 1. The number of fused-ring (bicyclic) bond motifs is 1. The van der Waals surface area contributed by atoms with Gasteiger partial charge in [0.2, 0.25) is 5.88 Å². The van der Waals surface area contributed by atoms with E-state index in [0.29, 0.717) is 27.6 Å². The Labute approximate surface area is 231 Å². The number of pyridine rings is 2. The van der Waals surface area contributed by atoms with Gasteiger partial charge >= 0.3 is 0 Å². The summed E-state index contributed by atoms with van der Waals surface area (Å²) in [5, 5.41) is 8.99. The zero-order chi connectivity index (χ0) is 27.1. The molecule has 200 valence electrons. The van der Waals surface area contributed by atoms with E-state index in [9.17, 15) is 8.42 Å². The Morgan fingerprint density at radius 3 is 2.41 bits per heavy atom. The highest BCUT2D eigenvalue weighted by Gasteiger charge is 2.25. The smallest absolute Gasteiger partial charge is 0.269 e. The van der Waals surface area contributed by atoms with Gasteiger partial charge in [-0.05, 0) is 57.1 Å². The van der Waals surface area contributed by atoms with Crippen LogP contribution in [0.15, 0.2) is 72.1 Å². The Hall–Kier alpha value is -3.73. The summed E-state index contributed by atoms with van der Waals surface area (Å²) in [6, 6.07) is 12.5. The van der Waals surface area contributed by atoms with Crippen LogP contribution < -0.4 is 10.1 Å². The summed E-state index contributed by atoms with van der Waals surface area (Å²) >= 11 is 6.61. The van der Waals surface area contributed by atoms with Crippen molar-refractivity contribution in [3.8, 4) is 28.1 Å². The van der Waals surface area contributed by atoms with Gasteiger partial charge in [0.15, 0.2) is 10.8 Å². The molecule has 1 saturated heterocycles. The maximum atomic E-state index is 13.7. The standard InChI is InChI=1S/C28H27ClN6O3S/c1-18-3-6-22(7-4-18)39(36,37)35-17-24(19-5-8-26(38-2)31-14-19)23-13-20(15-32-28(23)35)25-16-34(33-27(25)29)21-9-11-30-12-10-21/h3-8,13-17,21,30H,9-12H2,1-2H3. The van der Waals surface area contributed by atoms with Crippen molar-refractivity contribution in [3.05, 3.63) is 78.0 Å². The fraction of sp³-hybridized carbons (Fsp3) is 0.250. The molecule has 0 bridgehead atoms. The second-order valence-electron chi connectivity index (χ2n) is 9.64. The molecule has 1 N–H and O–H groups in total. The van der Waals surface area contributed by atoms with E-state index in [1.807, 2.05) is 29.9 Å². The maximum Gasteiger partial charge on any atom is 0.269 e. The first-order chi connectivity index (χ1) is 18.8. The third-order valence-corrected chi connectivity index (χ3v) is 9.07. The minimum Gasteiger partial charge on any atom is -0.481 e. The van der Waals surface area contributed by atoms with Crippen LogP contribution in [0.25, 0.3) is 33.3 Å². The highest BCUT2D eigenvalue weighted by Crippen LogP contribution is 2.37. The molecule has 0 amide bonds. The van der Waals surface area contributed by atoms with Gasteiger partial charge in [0.25, 0.3) is 10.0 Å². The normalized spacial score (nSPS) is 14.6. The van der Waals surface area contributed by atoms with Gasteiger partial charge in [-0.25, -0.2) is 22.4 Å². The molecule has 39 heavy (non-hydrogen) atoms. The van der Waals surface area contributed by atoms with E-state index in [0.717, 1.165) is 48.2 Å². The Balaban J connectivity index is 1.51. The predicted octanol–water partition coefficient (Wildman–Crippen LogP) is 5.09. The summed E-state index contributed by atoms with van der Waals surface area (Å²) in [4.78, 5) is 9.15. The van der Waals surface area contributed by atoms with Gasteiger partial charge in [-0.3, -0.25) is 4.68 Å². The number of aryl methyl sites for hydroxylation is 1. The Morgan fingerprint density at radius 1 is 0.974 bits per heavy atom. The lowest BCUT2D eigenvalue weighted by Gasteiger charge is -2.22. The predicted molar refractivity (Wildman–Crippen MR) is 151 cm³/mol. The molecule has 6 rings (SSSR count). The van der Waals surface area contributed by atoms with E-state index in [1.165, 1.54) is 3.97 Å². The zero-order valence-electron chi connectivity index (χ0n) is 21.5. The largest absolute Gasteiger partial charge is 0.481 e.